The van der Waals surface area contributed by atoms with Crippen LogP contribution in [0.15, 0.2) is 14.3 Å². The molecule has 0 fully saturated rings. The first-order chi connectivity index (χ1) is 11.0. The Morgan fingerprint density at radius 3 is 2.78 bits per heavy atom. The number of aryl methyl sites for hydroxylation is 3. The lowest BCUT2D eigenvalue weighted by molar-refractivity contribution is -0.116. The van der Waals surface area contributed by atoms with Crippen molar-refractivity contribution in [3.05, 3.63) is 27.4 Å². The van der Waals surface area contributed by atoms with Crippen molar-refractivity contribution in [3.63, 3.8) is 0 Å². The maximum atomic E-state index is 12.0. The number of rotatable bonds is 5. The summed E-state index contributed by atoms with van der Waals surface area (Å²) in [6.45, 7) is 5.57. The van der Waals surface area contributed by atoms with E-state index in [0.717, 1.165) is 22.0 Å². The van der Waals surface area contributed by atoms with E-state index < -0.39 is 0 Å². The maximum absolute atomic E-state index is 12.0. The molecule has 0 radical (unpaired) electrons. The van der Waals surface area contributed by atoms with E-state index in [1.165, 1.54) is 11.3 Å². The van der Waals surface area contributed by atoms with Crippen LogP contribution in [0.2, 0.25) is 0 Å². The summed E-state index contributed by atoms with van der Waals surface area (Å²) in [5.41, 5.74) is 2.36. The molecule has 3 aromatic heterocycles. The number of carbonyl (C=O) groups is 1. The predicted molar refractivity (Wildman–Crippen MR) is 83.1 cm³/mol. The molecule has 0 aromatic carbocycles. The topological polar surface area (TPSA) is 107 Å². The number of hydrogen-bond acceptors (Lipinski definition) is 8. The Hall–Kier alpha value is -2.55. The average Bonchev–Trinajstić information content (AvgIpc) is 3.20. The third-order valence-electron chi connectivity index (χ3n) is 3.29. The zero-order valence-corrected chi connectivity index (χ0v) is 13.7. The minimum absolute atomic E-state index is 0.0643. The van der Waals surface area contributed by atoms with Gasteiger partial charge < -0.3 is 8.94 Å². The van der Waals surface area contributed by atoms with Gasteiger partial charge >= 0.3 is 6.01 Å². The number of hydrogen-bond donors (Lipinski definition) is 1. The SMILES string of the molecule is Cc1nc(-c2nnc(NC(=O)CCc3c(C)noc3C)o2)cs1. The van der Waals surface area contributed by atoms with Gasteiger partial charge in [0.05, 0.1) is 10.7 Å². The number of nitrogens with one attached hydrogen (secondary N) is 1. The molecular weight excluding hydrogens is 318 g/mol. The Kier molecular flexibility index (Phi) is 4.20. The summed E-state index contributed by atoms with van der Waals surface area (Å²) in [7, 11) is 0. The van der Waals surface area contributed by atoms with Crippen LogP contribution >= 0.6 is 11.3 Å². The zero-order chi connectivity index (χ0) is 16.4. The zero-order valence-electron chi connectivity index (χ0n) is 12.9. The lowest BCUT2D eigenvalue weighted by Crippen LogP contribution is -2.12. The molecule has 0 saturated carbocycles. The van der Waals surface area contributed by atoms with E-state index in [1.807, 2.05) is 26.2 Å². The Morgan fingerprint density at radius 1 is 1.30 bits per heavy atom. The molecule has 0 atom stereocenters. The summed E-state index contributed by atoms with van der Waals surface area (Å²) in [6, 6.07) is 0.0643. The van der Waals surface area contributed by atoms with Gasteiger partial charge in [-0.25, -0.2) is 4.98 Å². The minimum atomic E-state index is -0.213. The normalized spacial score (nSPS) is 10.9. The Balaban J connectivity index is 1.59. The van der Waals surface area contributed by atoms with Crippen molar-refractivity contribution < 1.29 is 13.7 Å². The van der Waals surface area contributed by atoms with Crippen LogP contribution in [0.3, 0.4) is 0 Å². The van der Waals surface area contributed by atoms with Gasteiger partial charge in [0.1, 0.15) is 11.5 Å². The van der Waals surface area contributed by atoms with Crippen LogP contribution in [0, 0.1) is 20.8 Å². The van der Waals surface area contributed by atoms with Crippen molar-refractivity contribution >= 4 is 23.3 Å². The molecule has 23 heavy (non-hydrogen) atoms. The molecule has 0 aliphatic heterocycles. The number of nitrogens with zero attached hydrogens (tertiary/aromatic N) is 4. The molecule has 120 valence electrons. The molecule has 3 heterocycles. The number of thiazole rings is 1. The molecule has 8 nitrogen and oxygen atoms in total. The van der Waals surface area contributed by atoms with Crippen molar-refractivity contribution in [2.75, 3.05) is 5.32 Å². The van der Waals surface area contributed by atoms with Gasteiger partial charge in [0.25, 0.3) is 5.89 Å². The molecule has 0 aliphatic carbocycles. The van der Waals surface area contributed by atoms with E-state index >= 15 is 0 Å². The van der Waals surface area contributed by atoms with E-state index in [1.54, 1.807) is 0 Å². The van der Waals surface area contributed by atoms with Crippen LogP contribution in [-0.4, -0.2) is 26.2 Å². The van der Waals surface area contributed by atoms with Gasteiger partial charge in [-0.05, 0) is 27.2 Å². The second kappa shape index (κ2) is 6.29. The lowest BCUT2D eigenvalue weighted by Gasteiger charge is -2.00. The highest BCUT2D eigenvalue weighted by atomic mass is 32.1. The first-order valence-electron chi connectivity index (χ1n) is 7.00. The summed E-state index contributed by atoms with van der Waals surface area (Å²) in [5, 5.41) is 16.9. The van der Waals surface area contributed by atoms with Crippen LogP contribution < -0.4 is 5.32 Å². The molecule has 1 amide bonds. The standard InChI is InChI=1S/C14H15N5O3S/c1-7-10(8(2)22-19-7)4-5-12(20)16-14-18-17-13(21-14)11-6-23-9(3)15-11/h6H,4-5H2,1-3H3,(H,16,18,20). The highest BCUT2D eigenvalue weighted by molar-refractivity contribution is 7.09. The van der Waals surface area contributed by atoms with Crippen LogP contribution in [0.5, 0.6) is 0 Å². The third kappa shape index (κ3) is 3.45. The van der Waals surface area contributed by atoms with Crippen molar-refractivity contribution in [2.45, 2.75) is 33.6 Å². The van der Waals surface area contributed by atoms with Gasteiger partial charge in [0.2, 0.25) is 5.91 Å². The summed E-state index contributed by atoms with van der Waals surface area (Å²) >= 11 is 1.49. The van der Waals surface area contributed by atoms with Crippen molar-refractivity contribution in [1.82, 2.24) is 20.3 Å². The average molecular weight is 333 g/mol. The van der Waals surface area contributed by atoms with Crippen LogP contribution in [-0.2, 0) is 11.2 Å². The van der Waals surface area contributed by atoms with Gasteiger partial charge in [-0.15, -0.1) is 16.4 Å². The fraction of sp³-hybridized carbons (Fsp3) is 0.357. The number of carbonyl (C=O) groups excluding carboxylic acids is 1. The largest absolute Gasteiger partial charge is 0.401 e. The number of amides is 1. The Morgan fingerprint density at radius 2 is 2.13 bits per heavy atom. The number of anilines is 1. The van der Waals surface area contributed by atoms with Gasteiger partial charge in [-0.2, -0.15) is 0 Å². The Bertz CT molecular complexity index is 816. The molecule has 3 rings (SSSR count). The Labute approximate surface area is 135 Å². The number of aromatic nitrogens is 4. The fourth-order valence-electron chi connectivity index (χ4n) is 2.12. The first-order valence-corrected chi connectivity index (χ1v) is 7.88. The van der Waals surface area contributed by atoms with Gasteiger partial charge in [0, 0.05) is 17.4 Å². The highest BCUT2D eigenvalue weighted by Crippen LogP contribution is 2.21. The van der Waals surface area contributed by atoms with E-state index in [0.29, 0.717) is 12.1 Å². The second-order valence-electron chi connectivity index (χ2n) is 5.02. The van der Waals surface area contributed by atoms with Crippen LogP contribution in [0.1, 0.15) is 28.4 Å². The minimum Gasteiger partial charge on any atom is -0.401 e. The van der Waals surface area contributed by atoms with E-state index in [9.17, 15) is 4.79 Å². The molecule has 0 unspecified atom stereocenters. The molecule has 0 aliphatic rings. The van der Waals surface area contributed by atoms with Crippen LogP contribution in [0.25, 0.3) is 11.6 Å². The second-order valence-corrected chi connectivity index (χ2v) is 6.08. The monoisotopic (exact) mass is 333 g/mol. The summed E-state index contributed by atoms with van der Waals surface area (Å²) in [6.07, 6.45) is 0.815. The van der Waals surface area contributed by atoms with E-state index in [2.05, 4.69) is 25.7 Å². The summed E-state index contributed by atoms with van der Waals surface area (Å²) in [5.74, 6) is 0.805. The molecular formula is C14H15N5O3S. The van der Waals surface area contributed by atoms with Crippen LogP contribution in [0.4, 0.5) is 6.01 Å². The summed E-state index contributed by atoms with van der Waals surface area (Å²) < 4.78 is 10.5. The third-order valence-corrected chi connectivity index (χ3v) is 4.07. The lowest BCUT2D eigenvalue weighted by atomic mass is 10.1. The smallest absolute Gasteiger partial charge is 0.322 e. The molecule has 3 aromatic rings. The van der Waals surface area contributed by atoms with Gasteiger partial charge in [0.15, 0.2) is 0 Å². The molecule has 9 heteroatoms. The predicted octanol–water partition coefficient (Wildman–Crippen LogP) is 2.68. The molecule has 0 bridgehead atoms. The van der Waals surface area contributed by atoms with Gasteiger partial charge in [-0.1, -0.05) is 10.3 Å². The van der Waals surface area contributed by atoms with E-state index in [-0.39, 0.29) is 24.2 Å². The maximum Gasteiger partial charge on any atom is 0.322 e. The van der Waals surface area contributed by atoms with Crippen molar-refractivity contribution in [2.24, 2.45) is 0 Å². The van der Waals surface area contributed by atoms with Crippen molar-refractivity contribution in [1.29, 1.82) is 0 Å². The fourth-order valence-corrected chi connectivity index (χ4v) is 2.70. The van der Waals surface area contributed by atoms with E-state index in [4.69, 9.17) is 8.94 Å². The van der Waals surface area contributed by atoms with Gasteiger partial charge in [-0.3, -0.25) is 10.1 Å². The highest BCUT2D eigenvalue weighted by Gasteiger charge is 2.15. The van der Waals surface area contributed by atoms with Crippen molar-refractivity contribution in [3.8, 4) is 11.6 Å². The molecule has 1 N–H and O–H groups in total. The first kappa shape index (κ1) is 15.3. The summed E-state index contributed by atoms with van der Waals surface area (Å²) in [4.78, 5) is 16.2. The molecule has 0 saturated heterocycles. The quantitative estimate of drug-likeness (QED) is 0.764. The molecule has 0 spiro atoms.